The van der Waals surface area contributed by atoms with Crippen LogP contribution < -0.4 is 10.5 Å². The zero-order valence-electron chi connectivity index (χ0n) is 18.7. The van der Waals surface area contributed by atoms with E-state index < -0.39 is 0 Å². The van der Waals surface area contributed by atoms with Crippen LogP contribution >= 0.6 is 24.0 Å². The lowest BCUT2D eigenvalue weighted by Crippen LogP contribution is -2.39. The first kappa shape index (κ1) is 23.6. The molecule has 0 radical (unpaired) electrons. The van der Waals surface area contributed by atoms with Crippen molar-refractivity contribution in [3.63, 3.8) is 0 Å². The summed E-state index contributed by atoms with van der Waals surface area (Å²) in [5, 5.41) is 9.67. The number of aromatic nitrogens is 1. The summed E-state index contributed by atoms with van der Waals surface area (Å²) < 4.78 is 2.26. The molecule has 2 aliphatic heterocycles. The predicted molar refractivity (Wildman–Crippen MR) is 131 cm³/mol. The Balaban J connectivity index is 2.16. The molecule has 2 fully saturated rings. The number of piperidine rings is 1. The number of nitriles is 1. The number of carbonyl (C=O) groups excluding carboxylic acids is 1. The van der Waals surface area contributed by atoms with Gasteiger partial charge in [0.25, 0.3) is 11.5 Å². The number of unbranched alkanes of at least 4 members (excludes halogenated alkanes) is 1. The third-order valence-corrected chi connectivity index (χ3v) is 7.51. The number of nitrogens with zero attached hydrogens (tertiary/aromatic N) is 4. The minimum Gasteiger partial charge on any atom is -0.357 e. The Morgan fingerprint density at radius 2 is 1.94 bits per heavy atom. The molecule has 1 aromatic heterocycles. The van der Waals surface area contributed by atoms with Crippen molar-refractivity contribution in [3.8, 4) is 6.07 Å². The van der Waals surface area contributed by atoms with Crippen molar-refractivity contribution in [1.29, 1.82) is 5.26 Å². The summed E-state index contributed by atoms with van der Waals surface area (Å²) in [5.41, 5.74) is 1.29. The van der Waals surface area contributed by atoms with E-state index in [1.807, 2.05) is 13.0 Å². The molecule has 1 amide bonds. The second-order valence-corrected chi connectivity index (χ2v) is 9.93. The molecule has 0 spiro atoms. The molecule has 2 aliphatic rings. The summed E-state index contributed by atoms with van der Waals surface area (Å²) >= 11 is 6.76. The van der Waals surface area contributed by atoms with E-state index in [0.29, 0.717) is 33.8 Å². The monoisotopic (exact) mass is 458 g/mol. The molecule has 2 saturated heterocycles. The van der Waals surface area contributed by atoms with Gasteiger partial charge >= 0.3 is 0 Å². The van der Waals surface area contributed by atoms with E-state index in [1.54, 1.807) is 16.4 Å². The maximum atomic E-state index is 13.0. The van der Waals surface area contributed by atoms with Gasteiger partial charge in [0, 0.05) is 31.7 Å². The van der Waals surface area contributed by atoms with Crippen LogP contribution in [0.5, 0.6) is 0 Å². The lowest BCUT2D eigenvalue weighted by molar-refractivity contribution is -0.122. The van der Waals surface area contributed by atoms with E-state index in [2.05, 4.69) is 24.8 Å². The third kappa shape index (κ3) is 4.58. The molecule has 31 heavy (non-hydrogen) atoms. The Morgan fingerprint density at radius 1 is 1.26 bits per heavy atom. The zero-order chi connectivity index (χ0) is 22.7. The van der Waals surface area contributed by atoms with E-state index in [1.165, 1.54) is 11.8 Å². The first-order valence-electron chi connectivity index (χ1n) is 11.0. The highest BCUT2D eigenvalue weighted by Gasteiger charge is 2.33. The number of rotatable bonds is 6. The van der Waals surface area contributed by atoms with Crippen LogP contribution in [-0.4, -0.2) is 39.3 Å². The first-order valence-corrected chi connectivity index (χ1v) is 12.2. The number of hydrogen-bond acceptors (Lipinski definition) is 6. The molecule has 0 bridgehead atoms. The molecule has 0 aliphatic carbocycles. The molecule has 0 aromatic carbocycles. The lowest BCUT2D eigenvalue weighted by atomic mass is 9.97. The summed E-state index contributed by atoms with van der Waals surface area (Å²) in [7, 11) is 0. The Morgan fingerprint density at radius 3 is 2.52 bits per heavy atom. The Bertz CT molecular complexity index is 1010. The van der Waals surface area contributed by atoms with Crippen molar-refractivity contribution >= 4 is 46.1 Å². The highest BCUT2D eigenvalue weighted by Crippen LogP contribution is 2.36. The molecule has 1 aromatic rings. The van der Waals surface area contributed by atoms with Gasteiger partial charge in [-0.3, -0.25) is 19.1 Å². The van der Waals surface area contributed by atoms with Gasteiger partial charge in [0.15, 0.2) is 0 Å². The van der Waals surface area contributed by atoms with Gasteiger partial charge in [0.2, 0.25) is 0 Å². The summed E-state index contributed by atoms with van der Waals surface area (Å²) in [6.45, 7) is 10.8. The summed E-state index contributed by atoms with van der Waals surface area (Å²) in [6.07, 6.45) is 5.83. The molecule has 0 unspecified atom stereocenters. The van der Waals surface area contributed by atoms with Crippen LogP contribution in [0.1, 0.15) is 63.1 Å². The van der Waals surface area contributed by atoms with E-state index in [4.69, 9.17) is 12.2 Å². The number of amides is 1. The van der Waals surface area contributed by atoms with Crippen LogP contribution in [0.25, 0.3) is 6.08 Å². The van der Waals surface area contributed by atoms with Crippen LogP contribution in [0.2, 0.25) is 0 Å². The fourth-order valence-electron chi connectivity index (χ4n) is 4.14. The number of pyridine rings is 1. The van der Waals surface area contributed by atoms with Crippen LogP contribution in [0.15, 0.2) is 9.70 Å². The van der Waals surface area contributed by atoms with Crippen molar-refractivity contribution in [2.24, 2.45) is 5.92 Å². The van der Waals surface area contributed by atoms with Gasteiger partial charge in [0.05, 0.1) is 4.91 Å². The molecular formula is C23H30N4O2S2. The predicted octanol–water partition coefficient (Wildman–Crippen LogP) is 4.29. The number of thioether (sulfide) groups is 1. The highest BCUT2D eigenvalue weighted by molar-refractivity contribution is 8.26. The maximum Gasteiger partial charge on any atom is 0.270 e. The van der Waals surface area contributed by atoms with Crippen LogP contribution in [0.3, 0.4) is 0 Å². The SMILES string of the molecule is CCCCN1C(=O)/C(=C/c2c(C)c(C#N)c(=O)n(CC)c2N2CCC(C)CC2)SC1=S. The van der Waals surface area contributed by atoms with Gasteiger partial charge in [-0.2, -0.15) is 5.26 Å². The number of carbonyl (C=O) groups is 1. The average molecular weight is 459 g/mol. The lowest BCUT2D eigenvalue weighted by Gasteiger charge is -2.35. The van der Waals surface area contributed by atoms with Crippen LogP contribution in [-0.2, 0) is 11.3 Å². The maximum absolute atomic E-state index is 13.0. The van der Waals surface area contributed by atoms with E-state index in [9.17, 15) is 14.9 Å². The standard InChI is InChI=1S/C23H30N4O2S2/c1-5-7-10-27-22(29)19(31-23(27)30)13-17-16(4)18(14-24)21(28)26(6-2)20(17)25-11-8-15(3)9-12-25/h13,15H,5-12H2,1-4H3/b19-13-. The summed E-state index contributed by atoms with van der Waals surface area (Å²) in [4.78, 5) is 30.5. The average Bonchev–Trinajstić information content (AvgIpc) is 3.02. The summed E-state index contributed by atoms with van der Waals surface area (Å²) in [5.74, 6) is 1.37. The van der Waals surface area contributed by atoms with E-state index >= 15 is 0 Å². The molecule has 0 saturated carbocycles. The van der Waals surface area contributed by atoms with Crippen LogP contribution in [0, 0.1) is 24.2 Å². The van der Waals surface area contributed by atoms with Gasteiger partial charge in [-0.1, -0.05) is 44.2 Å². The van der Waals surface area contributed by atoms with E-state index in [-0.39, 0.29) is 17.0 Å². The molecule has 0 N–H and O–H groups in total. The molecule has 0 atom stereocenters. The van der Waals surface area contributed by atoms with Crippen molar-refractivity contribution in [2.75, 3.05) is 24.5 Å². The van der Waals surface area contributed by atoms with E-state index in [0.717, 1.165) is 50.2 Å². The summed E-state index contributed by atoms with van der Waals surface area (Å²) in [6, 6.07) is 2.09. The fourth-order valence-corrected chi connectivity index (χ4v) is 5.43. The number of anilines is 1. The van der Waals surface area contributed by atoms with Crippen molar-refractivity contribution in [1.82, 2.24) is 9.47 Å². The minimum absolute atomic E-state index is 0.0891. The van der Waals surface area contributed by atoms with Crippen molar-refractivity contribution < 1.29 is 4.79 Å². The van der Waals surface area contributed by atoms with Crippen molar-refractivity contribution in [2.45, 2.75) is 59.9 Å². The van der Waals surface area contributed by atoms with Gasteiger partial charge in [-0.05, 0) is 50.7 Å². The molecular weight excluding hydrogens is 428 g/mol. The largest absolute Gasteiger partial charge is 0.357 e. The highest BCUT2D eigenvalue weighted by atomic mass is 32.2. The van der Waals surface area contributed by atoms with Crippen molar-refractivity contribution in [3.05, 3.63) is 31.9 Å². The van der Waals surface area contributed by atoms with Gasteiger partial charge < -0.3 is 4.90 Å². The van der Waals surface area contributed by atoms with Gasteiger partial charge in [-0.25, -0.2) is 0 Å². The molecule has 6 nitrogen and oxygen atoms in total. The smallest absolute Gasteiger partial charge is 0.270 e. The second-order valence-electron chi connectivity index (χ2n) is 8.25. The number of thiocarbonyl (C=S) groups is 1. The topological polar surface area (TPSA) is 69.3 Å². The Labute approximate surface area is 193 Å². The molecule has 166 valence electrons. The minimum atomic E-state index is -0.260. The molecule has 3 rings (SSSR count). The molecule has 8 heteroatoms. The van der Waals surface area contributed by atoms with Crippen LogP contribution in [0.4, 0.5) is 5.82 Å². The fraction of sp³-hybridized carbons (Fsp3) is 0.565. The quantitative estimate of drug-likeness (QED) is 0.468. The second kappa shape index (κ2) is 10.0. The zero-order valence-corrected chi connectivity index (χ0v) is 20.4. The molecule has 3 heterocycles. The Hall–Kier alpha value is -2.11. The van der Waals surface area contributed by atoms with Gasteiger partial charge in [0.1, 0.15) is 21.8 Å². The Kier molecular flexibility index (Phi) is 7.60. The van der Waals surface area contributed by atoms with Gasteiger partial charge in [-0.15, -0.1) is 0 Å². The number of hydrogen-bond donors (Lipinski definition) is 0. The third-order valence-electron chi connectivity index (χ3n) is 6.13. The first-order chi connectivity index (χ1) is 14.8. The normalized spacial score (nSPS) is 18.9.